The molecule has 0 bridgehead atoms. The maximum Gasteiger partial charge on any atom is 1.00 e. The summed E-state index contributed by atoms with van der Waals surface area (Å²) < 4.78 is 144. The second-order valence-corrected chi connectivity index (χ2v) is 17.4. The minimum Gasteiger partial charge on any atom is -0.744 e. The first kappa shape index (κ1) is 55.8. The third kappa shape index (κ3) is 12.9. The molecule has 19 nitrogen and oxygen atoms in total. The number of hydrogen-bond donors (Lipinski definition) is 4. The molecule has 0 spiro atoms. The molecule has 0 aliphatic rings. The summed E-state index contributed by atoms with van der Waals surface area (Å²) in [6.45, 7) is 0. The largest absolute Gasteiger partial charge is 1.00 e. The number of fused-ring (bicyclic) bond motifs is 2. The van der Waals surface area contributed by atoms with Gasteiger partial charge in [0.15, 0.2) is 0 Å². The molecule has 0 aromatic heterocycles. The number of benzene rings is 6. The molecular weight excluding hydrogens is 937 g/mol. The molecule has 0 fully saturated rings. The molecule has 62 heavy (non-hydrogen) atoms. The molecule has 0 unspecified atom stereocenters. The van der Waals surface area contributed by atoms with Crippen LogP contribution in [0.4, 0.5) is 27.5 Å². The first-order valence-electron chi connectivity index (χ1n) is 15.9. The number of carbonyl (C=O) groups excluding carboxylic acids is 3. The van der Waals surface area contributed by atoms with Crippen molar-refractivity contribution in [1.82, 2.24) is 0 Å². The Bertz CT molecular complexity index is 2970. The van der Waals surface area contributed by atoms with Gasteiger partial charge in [0.1, 0.15) is 40.5 Å². The molecule has 6 aromatic carbocycles. The Hall–Kier alpha value is -2.31. The third-order valence-corrected chi connectivity index (χ3v) is 11.8. The van der Waals surface area contributed by atoms with Crippen LogP contribution in [0.3, 0.4) is 0 Å². The fourth-order valence-corrected chi connectivity index (χ4v) is 8.69. The number of rotatable bonds is 10. The standard InChI is InChI=1S/C35H26N4O15S4.4Na/c40-33(38-31-25-7-3-1-5-23(25)27(55(43,44)45)17-29(31)57(49,50)51)19-9-13-21(14-10-19)36-35(42)37-22-15-11-20(12-16-22)34(41)39-32-26-8-4-2-6-24(26)28(56(46,47)48)18-30(32)58(52,53)54;;;;/h1-18H,(H,38,40)(H,39,41)(H2,36,37,42)(H,43,44,45)(H,46,47,48)(H,49,50,51)(H,52,53,54);;;;/q;4*+1/p-4. The van der Waals surface area contributed by atoms with Crippen molar-refractivity contribution in [2.24, 2.45) is 0 Å². The number of nitrogens with one attached hydrogen (secondary N) is 4. The van der Waals surface area contributed by atoms with E-state index in [9.17, 15) is 66.3 Å². The average molecular weight is 959 g/mol. The maximum absolute atomic E-state index is 13.1. The minimum atomic E-state index is -5.42. The van der Waals surface area contributed by atoms with Crippen molar-refractivity contribution in [3.8, 4) is 0 Å². The molecule has 4 amide bonds. The smallest absolute Gasteiger partial charge is 0.744 e. The van der Waals surface area contributed by atoms with Crippen LogP contribution in [0.5, 0.6) is 0 Å². The predicted octanol–water partition coefficient (Wildman–Crippen LogP) is -8.23. The van der Waals surface area contributed by atoms with Gasteiger partial charge in [0.05, 0.1) is 31.0 Å². The topological polar surface area (TPSA) is 328 Å². The Morgan fingerprint density at radius 1 is 0.371 bits per heavy atom. The Morgan fingerprint density at radius 2 is 0.645 bits per heavy atom. The van der Waals surface area contributed by atoms with E-state index < -0.39 is 89.3 Å². The van der Waals surface area contributed by atoms with E-state index in [1.807, 2.05) is 0 Å². The molecule has 0 radical (unpaired) electrons. The third-order valence-electron chi connectivity index (χ3n) is 8.31. The van der Waals surface area contributed by atoms with Crippen molar-refractivity contribution in [3.63, 3.8) is 0 Å². The Labute approximate surface area is 442 Å². The number of urea groups is 1. The van der Waals surface area contributed by atoms with Gasteiger partial charge in [0, 0.05) is 44.0 Å². The zero-order valence-electron chi connectivity index (χ0n) is 32.6. The summed E-state index contributed by atoms with van der Waals surface area (Å²) >= 11 is 0. The number of anilines is 4. The summed E-state index contributed by atoms with van der Waals surface area (Å²) in [5.74, 6) is -1.89. The van der Waals surface area contributed by atoms with Gasteiger partial charge in [-0.15, -0.1) is 0 Å². The van der Waals surface area contributed by atoms with Crippen LogP contribution in [0.1, 0.15) is 20.7 Å². The zero-order valence-corrected chi connectivity index (χ0v) is 43.9. The van der Waals surface area contributed by atoms with Gasteiger partial charge < -0.3 is 39.5 Å². The molecule has 27 heteroatoms. The summed E-state index contributed by atoms with van der Waals surface area (Å²) in [5, 5.41) is 8.62. The van der Waals surface area contributed by atoms with Gasteiger partial charge in [-0.1, -0.05) is 48.5 Å². The van der Waals surface area contributed by atoms with E-state index in [0.717, 1.165) is 0 Å². The van der Waals surface area contributed by atoms with E-state index >= 15 is 0 Å². The first-order valence-corrected chi connectivity index (χ1v) is 21.5. The van der Waals surface area contributed by atoms with Crippen LogP contribution in [-0.4, -0.2) is 69.7 Å². The van der Waals surface area contributed by atoms with Crippen LogP contribution in [0.2, 0.25) is 0 Å². The minimum absolute atomic E-state index is 0. The maximum atomic E-state index is 13.1. The summed E-state index contributed by atoms with van der Waals surface area (Å²) in [4.78, 5) is 34.8. The van der Waals surface area contributed by atoms with Crippen molar-refractivity contribution >= 4 is 103 Å². The summed E-state index contributed by atoms with van der Waals surface area (Å²) in [6.07, 6.45) is 0. The summed E-state index contributed by atoms with van der Waals surface area (Å²) in [7, 11) is -21.3. The Morgan fingerprint density at radius 3 is 0.919 bits per heavy atom. The van der Waals surface area contributed by atoms with Gasteiger partial charge in [0.2, 0.25) is 0 Å². The van der Waals surface area contributed by atoms with Crippen LogP contribution in [-0.2, 0) is 40.5 Å². The molecule has 0 atom stereocenters. The molecule has 0 aliphatic carbocycles. The molecule has 0 heterocycles. The molecule has 0 saturated heterocycles. The number of hydrogen-bond acceptors (Lipinski definition) is 15. The van der Waals surface area contributed by atoms with E-state index in [-0.39, 0.29) is 162 Å². The van der Waals surface area contributed by atoms with Gasteiger partial charge in [0.25, 0.3) is 11.8 Å². The van der Waals surface area contributed by atoms with E-state index in [1.54, 1.807) is 0 Å². The Balaban J connectivity index is 0.00000331. The fraction of sp³-hybridized carbons (Fsp3) is 0. The molecule has 0 aliphatic heterocycles. The van der Waals surface area contributed by atoms with Crippen LogP contribution in [0.15, 0.2) is 129 Å². The molecular formula is C35H22N4Na4O15S4. The quantitative estimate of drug-likeness (QED) is 0.0732. The second-order valence-electron chi connectivity index (χ2n) is 12.0. The van der Waals surface area contributed by atoms with Gasteiger partial charge in [-0.3, -0.25) is 9.59 Å². The van der Waals surface area contributed by atoms with Crippen molar-refractivity contribution in [3.05, 3.63) is 120 Å². The van der Waals surface area contributed by atoms with Gasteiger partial charge in [-0.05, 0) is 60.7 Å². The summed E-state index contributed by atoms with van der Waals surface area (Å²) in [5.41, 5.74) is -1.02. The second kappa shape index (κ2) is 21.8. The van der Waals surface area contributed by atoms with Crippen molar-refractivity contribution < 1.29 is 184 Å². The molecule has 6 aromatic rings. The van der Waals surface area contributed by atoms with Crippen LogP contribution >= 0.6 is 0 Å². The number of carbonyl (C=O) groups is 3. The SMILES string of the molecule is O=C(Nc1ccc(C(=O)Nc2c(S(=O)(=O)[O-])cc(S(=O)(=O)[O-])c3ccccc23)cc1)Nc1ccc(C(=O)Nc2c(S(=O)(=O)[O-])cc(S(=O)(=O)[O-])c3ccccc23)cc1.[Na+].[Na+].[Na+].[Na+]. The molecule has 0 saturated carbocycles. The van der Waals surface area contributed by atoms with Crippen molar-refractivity contribution in [2.45, 2.75) is 19.6 Å². The normalized spacial score (nSPS) is 11.4. The van der Waals surface area contributed by atoms with E-state index in [0.29, 0.717) is 12.1 Å². The van der Waals surface area contributed by atoms with Gasteiger partial charge in [-0.2, -0.15) is 0 Å². The number of amides is 4. The van der Waals surface area contributed by atoms with Crippen LogP contribution in [0.25, 0.3) is 21.5 Å². The van der Waals surface area contributed by atoms with E-state index in [4.69, 9.17) is 0 Å². The first-order chi connectivity index (χ1) is 27.0. The van der Waals surface area contributed by atoms with E-state index in [1.165, 1.54) is 97.1 Å². The zero-order chi connectivity index (χ0) is 42.4. The van der Waals surface area contributed by atoms with Crippen LogP contribution < -0.4 is 139 Å². The van der Waals surface area contributed by atoms with Crippen molar-refractivity contribution in [1.29, 1.82) is 0 Å². The predicted molar refractivity (Wildman–Crippen MR) is 201 cm³/mol. The fourth-order valence-electron chi connectivity index (χ4n) is 5.78. The monoisotopic (exact) mass is 958 g/mol. The van der Waals surface area contributed by atoms with E-state index in [2.05, 4.69) is 21.3 Å². The molecule has 4 N–H and O–H groups in total. The van der Waals surface area contributed by atoms with Crippen molar-refractivity contribution in [2.75, 3.05) is 21.3 Å². The van der Waals surface area contributed by atoms with Gasteiger partial charge >= 0.3 is 124 Å². The van der Waals surface area contributed by atoms with Gasteiger partial charge in [-0.25, -0.2) is 38.5 Å². The Kier molecular flexibility index (Phi) is 19.6. The molecule has 6 rings (SSSR count). The van der Waals surface area contributed by atoms with Crippen LogP contribution in [0, 0.1) is 0 Å². The average Bonchev–Trinajstić information content (AvgIpc) is 3.13. The molecule has 300 valence electrons. The summed E-state index contributed by atoms with van der Waals surface area (Å²) in [6, 6.07) is 20.2.